The fourth-order valence-corrected chi connectivity index (χ4v) is 2.20. The molecule has 1 aliphatic rings. The molecule has 0 aromatic carbocycles. The van der Waals surface area contributed by atoms with Crippen LogP contribution in [-0.2, 0) is 4.74 Å². The van der Waals surface area contributed by atoms with E-state index in [2.05, 4.69) is 15.1 Å². The minimum atomic E-state index is -1.80. The Labute approximate surface area is 110 Å². The van der Waals surface area contributed by atoms with E-state index in [0.29, 0.717) is 0 Å². The molecule has 1 saturated heterocycles. The zero-order valence-electron chi connectivity index (χ0n) is 10.0. The van der Waals surface area contributed by atoms with Crippen molar-refractivity contribution in [3.63, 3.8) is 0 Å². The molecule has 3 heterocycles. The van der Waals surface area contributed by atoms with Crippen LogP contribution in [0.4, 0.5) is 14.6 Å². The number of hydrogen-bond donors (Lipinski definition) is 3. The normalized spacial score (nSPS) is 30.2. The van der Waals surface area contributed by atoms with Gasteiger partial charge in [0.2, 0.25) is 0 Å². The first kappa shape index (κ1) is 13.1. The molecular formula is C10H11F2N5O3. The molecule has 0 spiro atoms. The first-order valence-corrected chi connectivity index (χ1v) is 5.78. The van der Waals surface area contributed by atoms with Gasteiger partial charge in [0.15, 0.2) is 17.6 Å². The summed E-state index contributed by atoms with van der Waals surface area (Å²) < 4.78 is 33.4. The van der Waals surface area contributed by atoms with Crippen molar-refractivity contribution < 1.29 is 23.7 Å². The number of hydrogen-bond acceptors (Lipinski definition) is 7. The highest BCUT2D eigenvalue weighted by atomic mass is 19.1. The van der Waals surface area contributed by atoms with Gasteiger partial charge in [-0.2, -0.15) is 9.37 Å². The van der Waals surface area contributed by atoms with Crippen molar-refractivity contribution in [2.24, 2.45) is 0 Å². The molecule has 0 amide bonds. The van der Waals surface area contributed by atoms with Crippen molar-refractivity contribution in [2.75, 3.05) is 12.3 Å². The summed E-state index contributed by atoms with van der Waals surface area (Å²) in [6.07, 6.45) is -5.47. The first-order valence-electron chi connectivity index (χ1n) is 5.78. The van der Waals surface area contributed by atoms with Crippen molar-refractivity contribution in [2.45, 2.75) is 24.5 Å². The van der Waals surface area contributed by atoms with Gasteiger partial charge in [0.25, 0.3) is 0 Å². The van der Waals surface area contributed by atoms with Gasteiger partial charge in [0.05, 0.1) is 18.5 Å². The predicted molar refractivity (Wildman–Crippen MR) is 60.8 cm³/mol. The molecule has 0 saturated carbocycles. The number of rotatable bonds is 2. The fraction of sp³-hybridized carbons (Fsp3) is 0.500. The minimum absolute atomic E-state index is 0.0548. The molecule has 2 aromatic heterocycles. The molecule has 20 heavy (non-hydrogen) atoms. The number of aromatic nitrogens is 4. The molecule has 0 aliphatic carbocycles. The third-order valence-corrected chi connectivity index (χ3v) is 3.18. The molecule has 1 fully saturated rings. The van der Waals surface area contributed by atoms with E-state index >= 15 is 0 Å². The van der Waals surface area contributed by atoms with Crippen LogP contribution >= 0.6 is 0 Å². The van der Waals surface area contributed by atoms with Crippen LogP contribution in [0.2, 0.25) is 0 Å². The Bertz CT molecular complexity index is 651. The van der Waals surface area contributed by atoms with Crippen molar-refractivity contribution in [3.8, 4) is 0 Å². The second kappa shape index (κ2) is 4.58. The van der Waals surface area contributed by atoms with E-state index in [-0.39, 0.29) is 17.2 Å². The summed E-state index contributed by atoms with van der Waals surface area (Å²) in [5.41, 5.74) is 5.62. The summed E-state index contributed by atoms with van der Waals surface area (Å²) in [6.45, 7) is -0.541. The van der Waals surface area contributed by atoms with Crippen LogP contribution < -0.4 is 5.73 Å². The molecule has 0 bridgehead atoms. The van der Waals surface area contributed by atoms with Crippen LogP contribution in [0.15, 0.2) is 6.20 Å². The lowest BCUT2D eigenvalue weighted by atomic mass is 10.1. The van der Waals surface area contributed by atoms with Crippen LogP contribution in [0, 0.1) is 6.08 Å². The van der Waals surface area contributed by atoms with Gasteiger partial charge in [-0.1, -0.05) is 0 Å². The summed E-state index contributed by atoms with van der Waals surface area (Å²) in [6, 6.07) is 0. The number of aliphatic hydroxyl groups is 2. The lowest BCUT2D eigenvalue weighted by Crippen LogP contribution is -2.30. The molecule has 0 unspecified atom stereocenters. The van der Waals surface area contributed by atoms with Crippen LogP contribution in [0.25, 0.3) is 5.65 Å². The minimum Gasteiger partial charge on any atom is -0.394 e. The Hall–Kier alpha value is -1.91. The van der Waals surface area contributed by atoms with Gasteiger partial charge in [-0.3, -0.25) is 0 Å². The molecular weight excluding hydrogens is 276 g/mol. The van der Waals surface area contributed by atoms with E-state index < -0.39 is 37.2 Å². The number of alkyl halides is 1. The number of nitrogen functional groups attached to an aromatic ring is 1. The first-order chi connectivity index (χ1) is 9.52. The Morgan fingerprint density at radius 1 is 1.50 bits per heavy atom. The Morgan fingerprint density at radius 2 is 2.25 bits per heavy atom. The summed E-state index contributed by atoms with van der Waals surface area (Å²) in [5.74, 6) is -0.198. The molecule has 1 aliphatic heterocycles. The number of aliphatic hydroxyl groups excluding tert-OH is 2. The number of fused-ring (bicyclic) bond motifs is 1. The average Bonchev–Trinajstić information content (AvgIpc) is 2.93. The van der Waals surface area contributed by atoms with Crippen molar-refractivity contribution in [3.05, 3.63) is 18.0 Å². The average molecular weight is 287 g/mol. The van der Waals surface area contributed by atoms with Gasteiger partial charge in [-0.25, -0.2) is 13.9 Å². The molecule has 108 valence electrons. The van der Waals surface area contributed by atoms with Crippen LogP contribution in [0.3, 0.4) is 0 Å². The second-order valence-corrected chi connectivity index (χ2v) is 4.40. The van der Waals surface area contributed by atoms with Crippen molar-refractivity contribution >= 4 is 11.5 Å². The molecule has 4 atom stereocenters. The van der Waals surface area contributed by atoms with Crippen molar-refractivity contribution in [1.82, 2.24) is 19.6 Å². The topological polar surface area (TPSA) is 119 Å². The van der Waals surface area contributed by atoms with Crippen LogP contribution in [-0.4, -0.2) is 54.8 Å². The van der Waals surface area contributed by atoms with Gasteiger partial charge in [-0.15, -0.1) is 5.10 Å². The van der Waals surface area contributed by atoms with Crippen LogP contribution in [0.5, 0.6) is 0 Å². The quantitative estimate of drug-likeness (QED) is 0.646. The zero-order chi connectivity index (χ0) is 14.4. The number of imidazole rings is 1. The van der Waals surface area contributed by atoms with E-state index in [0.717, 1.165) is 4.52 Å². The highest BCUT2D eigenvalue weighted by Gasteiger charge is 2.46. The lowest BCUT2D eigenvalue weighted by molar-refractivity contribution is -0.0241. The van der Waals surface area contributed by atoms with Gasteiger partial charge < -0.3 is 20.7 Å². The molecule has 10 heteroatoms. The summed E-state index contributed by atoms with van der Waals surface area (Å²) in [7, 11) is 0. The predicted octanol–water partition coefficient (Wildman–Crippen LogP) is -1.02. The standard InChI is InChI=1S/C10H11F2N5O3/c11-5-6(19)4(2-18)20-7(5)3-1-14-9-8(13)15-10(12)16-17(3)9/h1,4-7,18-19H,2H2,(H2,13,15,16)/t4-,5-,6-,7+/m1/s1. The highest BCUT2D eigenvalue weighted by Crippen LogP contribution is 2.35. The largest absolute Gasteiger partial charge is 0.394 e. The Kier molecular flexibility index (Phi) is 3.00. The van der Waals surface area contributed by atoms with Crippen LogP contribution in [0.1, 0.15) is 11.8 Å². The van der Waals surface area contributed by atoms with E-state index in [9.17, 15) is 13.9 Å². The Morgan fingerprint density at radius 3 is 2.90 bits per heavy atom. The number of ether oxygens (including phenoxy) is 1. The molecule has 2 aromatic rings. The van der Waals surface area contributed by atoms with E-state index in [1.54, 1.807) is 0 Å². The molecule has 0 radical (unpaired) electrons. The number of anilines is 1. The monoisotopic (exact) mass is 287 g/mol. The third kappa shape index (κ3) is 1.80. The van der Waals surface area contributed by atoms with Gasteiger partial charge in [-0.05, 0) is 0 Å². The number of nitrogens with two attached hydrogens (primary N) is 1. The number of halogens is 2. The van der Waals surface area contributed by atoms with E-state index in [4.69, 9.17) is 15.6 Å². The molecule has 3 rings (SSSR count). The summed E-state index contributed by atoms with van der Waals surface area (Å²) in [5, 5.41) is 22.0. The van der Waals surface area contributed by atoms with Crippen molar-refractivity contribution in [1.29, 1.82) is 0 Å². The maximum Gasteiger partial charge on any atom is 0.328 e. The summed E-state index contributed by atoms with van der Waals surface area (Å²) >= 11 is 0. The Balaban J connectivity index is 2.07. The smallest absolute Gasteiger partial charge is 0.328 e. The summed E-state index contributed by atoms with van der Waals surface area (Å²) in [4.78, 5) is 7.17. The SMILES string of the molecule is Nc1nc(F)nn2c([C@@H]3O[C@H](CO)[C@@H](O)[C@H]3F)cnc12. The maximum absolute atomic E-state index is 14.0. The highest BCUT2D eigenvalue weighted by molar-refractivity contribution is 5.59. The van der Waals surface area contributed by atoms with Gasteiger partial charge >= 0.3 is 6.08 Å². The third-order valence-electron chi connectivity index (χ3n) is 3.18. The second-order valence-electron chi connectivity index (χ2n) is 4.40. The zero-order valence-corrected chi connectivity index (χ0v) is 10.0. The maximum atomic E-state index is 14.0. The van der Waals surface area contributed by atoms with E-state index in [1.807, 2.05) is 0 Å². The number of nitrogens with zero attached hydrogens (tertiary/aromatic N) is 4. The fourth-order valence-electron chi connectivity index (χ4n) is 2.20. The molecule has 4 N–H and O–H groups in total. The lowest BCUT2D eigenvalue weighted by Gasteiger charge is -2.11. The van der Waals surface area contributed by atoms with E-state index in [1.165, 1.54) is 6.20 Å². The van der Waals surface area contributed by atoms with Gasteiger partial charge in [0.1, 0.15) is 18.3 Å². The molecule has 8 nitrogen and oxygen atoms in total. The van der Waals surface area contributed by atoms with Gasteiger partial charge in [0, 0.05) is 0 Å².